The van der Waals surface area contributed by atoms with Gasteiger partial charge in [-0.15, -0.1) is 0 Å². The fourth-order valence-electron chi connectivity index (χ4n) is 3.52. The minimum Gasteiger partial charge on any atom is -0.490 e. The Morgan fingerprint density at radius 2 is 1.56 bits per heavy atom. The lowest BCUT2D eigenvalue weighted by Crippen LogP contribution is -2.40. The van der Waals surface area contributed by atoms with Crippen LogP contribution >= 0.6 is 11.6 Å². The lowest BCUT2D eigenvalue weighted by atomic mass is 10.1. The highest BCUT2D eigenvalue weighted by Gasteiger charge is 2.27. The molecule has 0 atom stereocenters. The van der Waals surface area contributed by atoms with Crippen molar-refractivity contribution in [1.29, 1.82) is 0 Å². The van der Waals surface area contributed by atoms with Gasteiger partial charge < -0.3 is 14.8 Å². The van der Waals surface area contributed by atoms with Crippen molar-refractivity contribution in [2.24, 2.45) is 0 Å². The summed E-state index contributed by atoms with van der Waals surface area (Å²) in [4.78, 5) is 13.0. The first-order chi connectivity index (χ1) is 17.1. The third-order valence-electron chi connectivity index (χ3n) is 5.56. The molecule has 1 amide bonds. The lowest BCUT2D eigenvalue weighted by molar-refractivity contribution is -0.119. The monoisotopic (exact) mass is 530 g/mol. The molecule has 3 aromatic rings. The number of carbonyl (C=O) groups excluding carboxylic acids is 1. The molecule has 0 spiro atoms. The Morgan fingerprint density at radius 1 is 0.889 bits per heavy atom. The molecule has 0 radical (unpaired) electrons. The molecule has 36 heavy (non-hydrogen) atoms. The summed E-state index contributed by atoms with van der Waals surface area (Å²) in [7, 11) is -4.03. The Kier molecular flexibility index (Phi) is 9.23. The molecule has 0 bridgehead atoms. The normalized spacial score (nSPS) is 11.1. The minimum atomic E-state index is -4.03. The Morgan fingerprint density at radius 3 is 2.19 bits per heavy atom. The van der Waals surface area contributed by atoms with Crippen molar-refractivity contribution in [2.75, 3.05) is 24.1 Å². The molecule has 9 heteroatoms. The highest BCUT2D eigenvalue weighted by atomic mass is 35.5. The predicted molar refractivity (Wildman–Crippen MR) is 143 cm³/mol. The number of nitrogens with one attached hydrogen (secondary N) is 1. The third-order valence-corrected chi connectivity index (χ3v) is 7.60. The van der Waals surface area contributed by atoms with Gasteiger partial charge >= 0.3 is 0 Å². The molecule has 192 valence electrons. The number of amides is 1. The molecule has 0 aliphatic rings. The number of nitrogens with zero attached hydrogens (tertiary/aromatic N) is 1. The third kappa shape index (κ3) is 6.71. The zero-order valence-electron chi connectivity index (χ0n) is 20.9. The maximum absolute atomic E-state index is 13.5. The molecule has 0 saturated heterocycles. The van der Waals surface area contributed by atoms with Crippen LogP contribution in [-0.4, -0.2) is 34.1 Å². The molecule has 1 N–H and O–H groups in total. The van der Waals surface area contributed by atoms with Gasteiger partial charge in [0.2, 0.25) is 5.91 Å². The molecule has 0 heterocycles. The summed E-state index contributed by atoms with van der Waals surface area (Å²) in [5.74, 6) is 0.773. The number of ether oxygens (including phenoxy) is 2. The van der Waals surface area contributed by atoms with Gasteiger partial charge in [0.1, 0.15) is 6.54 Å². The van der Waals surface area contributed by atoms with Crippen molar-refractivity contribution < 1.29 is 22.7 Å². The van der Waals surface area contributed by atoms with Gasteiger partial charge in [-0.05, 0) is 92.9 Å². The molecule has 0 aromatic heterocycles. The maximum Gasteiger partial charge on any atom is 0.264 e. The second-order valence-corrected chi connectivity index (χ2v) is 10.5. The quantitative estimate of drug-likeness (QED) is 0.365. The highest BCUT2D eigenvalue weighted by molar-refractivity contribution is 7.92. The topological polar surface area (TPSA) is 84.9 Å². The van der Waals surface area contributed by atoms with Gasteiger partial charge in [0.25, 0.3) is 10.0 Å². The summed E-state index contributed by atoms with van der Waals surface area (Å²) in [6.45, 7) is 8.41. The zero-order chi connectivity index (χ0) is 26.3. The summed E-state index contributed by atoms with van der Waals surface area (Å²) >= 11 is 5.95. The van der Waals surface area contributed by atoms with E-state index in [4.69, 9.17) is 21.1 Å². The van der Waals surface area contributed by atoms with E-state index in [1.165, 1.54) is 24.3 Å². The summed E-state index contributed by atoms with van der Waals surface area (Å²) in [5, 5.41) is 3.24. The van der Waals surface area contributed by atoms with E-state index in [-0.39, 0.29) is 18.0 Å². The summed E-state index contributed by atoms with van der Waals surface area (Å²) in [6.07, 6.45) is 0. The number of benzene rings is 3. The second kappa shape index (κ2) is 12.1. The van der Waals surface area contributed by atoms with Crippen LogP contribution in [0.1, 0.15) is 30.5 Å². The van der Waals surface area contributed by atoms with Crippen LogP contribution in [0.4, 0.5) is 5.69 Å². The molecule has 3 rings (SSSR count). The summed E-state index contributed by atoms with van der Waals surface area (Å²) in [5.41, 5.74) is 3.14. The van der Waals surface area contributed by atoms with Gasteiger partial charge in [0, 0.05) is 11.6 Å². The smallest absolute Gasteiger partial charge is 0.264 e. The van der Waals surface area contributed by atoms with Crippen LogP contribution in [0.15, 0.2) is 65.6 Å². The maximum atomic E-state index is 13.5. The predicted octanol–water partition coefficient (Wildman–Crippen LogP) is 5.27. The fourth-order valence-corrected chi connectivity index (χ4v) is 5.06. The Balaban J connectivity index is 1.84. The molecule has 0 aliphatic heterocycles. The zero-order valence-corrected chi connectivity index (χ0v) is 22.4. The van der Waals surface area contributed by atoms with Crippen molar-refractivity contribution in [2.45, 2.75) is 39.1 Å². The number of aryl methyl sites for hydroxylation is 2. The number of anilines is 1. The van der Waals surface area contributed by atoms with Gasteiger partial charge in [-0.1, -0.05) is 23.7 Å². The van der Waals surface area contributed by atoms with Gasteiger partial charge in [-0.3, -0.25) is 9.10 Å². The molecular formula is C27H31ClN2O5S. The number of hydrogen-bond acceptors (Lipinski definition) is 5. The standard InChI is InChI=1S/C27H31ClN2O5S/c1-5-34-25-14-8-21(16-26(25)35-6-2)17-29-27(31)18-30(23-11-7-19(3)20(4)15-23)36(32,33)24-12-9-22(28)10-13-24/h7-16H,5-6,17-18H2,1-4H3,(H,29,31). The van der Waals surface area contributed by atoms with Crippen molar-refractivity contribution in [1.82, 2.24) is 5.32 Å². The summed E-state index contributed by atoms with van der Waals surface area (Å²) in [6, 6.07) is 16.6. The average molecular weight is 531 g/mol. The molecule has 7 nitrogen and oxygen atoms in total. The molecule has 0 aliphatic carbocycles. The van der Waals surface area contributed by atoms with Crippen molar-refractivity contribution in [3.8, 4) is 11.5 Å². The Bertz CT molecular complexity index is 1310. The molecule has 0 unspecified atom stereocenters. The van der Waals surface area contributed by atoms with E-state index < -0.39 is 15.9 Å². The van der Waals surface area contributed by atoms with E-state index in [9.17, 15) is 13.2 Å². The molecule has 0 fully saturated rings. The van der Waals surface area contributed by atoms with Gasteiger partial charge in [-0.25, -0.2) is 8.42 Å². The van der Waals surface area contributed by atoms with Crippen molar-refractivity contribution >= 4 is 33.2 Å². The van der Waals surface area contributed by atoms with Crippen LogP contribution in [0.2, 0.25) is 5.02 Å². The fraction of sp³-hybridized carbons (Fsp3) is 0.296. The van der Waals surface area contributed by atoms with E-state index in [0.29, 0.717) is 35.4 Å². The van der Waals surface area contributed by atoms with Crippen LogP contribution in [0.5, 0.6) is 11.5 Å². The first kappa shape index (κ1) is 27.4. The van der Waals surface area contributed by atoms with Gasteiger partial charge in [0.15, 0.2) is 11.5 Å². The van der Waals surface area contributed by atoms with E-state index >= 15 is 0 Å². The van der Waals surface area contributed by atoms with Crippen molar-refractivity contribution in [3.63, 3.8) is 0 Å². The molecular weight excluding hydrogens is 500 g/mol. The lowest BCUT2D eigenvalue weighted by Gasteiger charge is -2.25. The minimum absolute atomic E-state index is 0.0470. The number of rotatable bonds is 11. The first-order valence-corrected chi connectivity index (χ1v) is 13.5. The average Bonchev–Trinajstić information content (AvgIpc) is 2.85. The number of hydrogen-bond donors (Lipinski definition) is 1. The van der Waals surface area contributed by atoms with E-state index in [1.54, 1.807) is 24.3 Å². The largest absolute Gasteiger partial charge is 0.490 e. The van der Waals surface area contributed by atoms with Crippen LogP contribution < -0.4 is 19.1 Å². The van der Waals surface area contributed by atoms with Gasteiger partial charge in [-0.2, -0.15) is 0 Å². The summed E-state index contributed by atoms with van der Waals surface area (Å²) < 4.78 is 39.4. The molecule has 0 saturated carbocycles. The van der Waals surface area contributed by atoms with Crippen LogP contribution in [0.25, 0.3) is 0 Å². The van der Waals surface area contributed by atoms with E-state index in [2.05, 4.69) is 5.32 Å². The number of sulfonamides is 1. The number of halogens is 1. The van der Waals surface area contributed by atoms with E-state index in [1.807, 2.05) is 39.8 Å². The van der Waals surface area contributed by atoms with Gasteiger partial charge in [0.05, 0.1) is 23.8 Å². The van der Waals surface area contributed by atoms with Crippen LogP contribution in [0.3, 0.4) is 0 Å². The van der Waals surface area contributed by atoms with Crippen LogP contribution in [0, 0.1) is 13.8 Å². The SMILES string of the molecule is CCOc1ccc(CNC(=O)CN(c2ccc(C)c(C)c2)S(=O)(=O)c2ccc(Cl)cc2)cc1OCC. The van der Waals surface area contributed by atoms with E-state index in [0.717, 1.165) is 21.0 Å². The van der Waals surface area contributed by atoms with Crippen LogP contribution in [-0.2, 0) is 21.4 Å². The Labute approximate surface area is 218 Å². The first-order valence-electron chi connectivity index (χ1n) is 11.7. The second-order valence-electron chi connectivity index (χ2n) is 8.16. The number of carbonyl (C=O) groups is 1. The Hall–Kier alpha value is -3.23. The molecule has 3 aromatic carbocycles. The van der Waals surface area contributed by atoms with Crippen molar-refractivity contribution in [3.05, 3.63) is 82.4 Å². The highest BCUT2D eigenvalue weighted by Crippen LogP contribution is 2.29.